The van der Waals surface area contributed by atoms with Gasteiger partial charge in [0.2, 0.25) is 0 Å². The van der Waals surface area contributed by atoms with E-state index in [0.717, 1.165) is 0 Å². The van der Waals surface area contributed by atoms with Gasteiger partial charge in [-0.2, -0.15) is 0 Å². The van der Waals surface area contributed by atoms with E-state index in [0.29, 0.717) is 11.3 Å². The number of rotatable bonds is 3. The Morgan fingerprint density at radius 2 is 2.00 bits per heavy atom. The molecule has 0 aliphatic rings. The van der Waals surface area contributed by atoms with Crippen LogP contribution in [0.2, 0.25) is 5.02 Å². The molecule has 92 valence electrons. The van der Waals surface area contributed by atoms with Crippen LogP contribution in [0.4, 0.5) is 5.69 Å². The Morgan fingerprint density at radius 3 is 2.61 bits per heavy atom. The van der Waals surface area contributed by atoms with E-state index in [1.807, 2.05) is 0 Å². The number of furan rings is 1. The summed E-state index contributed by atoms with van der Waals surface area (Å²) in [4.78, 5) is 22.5. The zero-order chi connectivity index (χ0) is 13.1. The number of carboxylic acids is 1. The normalized spacial score (nSPS) is 10.1. The fraction of sp³-hybridized carbons (Fsp3) is 0. The molecule has 0 aliphatic heterocycles. The van der Waals surface area contributed by atoms with Crippen LogP contribution in [0.1, 0.15) is 20.7 Å². The lowest BCUT2D eigenvalue weighted by Gasteiger charge is -2.05. The molecule has 5 nitrogen and oxygen atoms in total. The van der Waals surface area contributed by atoms with Gasteiger partial charge in [0.05, 0.1) is 17.4 Å². The fourth-order valence-electron chi connectivity index (χ4n) is 1.38. The number of carboxylic acid groups (broad SMARTS) is 1. The average Bonchev–Trinajstić information content (AvgIpc) is 2.81. The second-order valence-electron chi connectivity index (χ2n) is 3.50. The highest BCUT2D eigenvalue weighted by molar-refractivity contribution is 6.31. The van der Waals surface area contributed by atoms with Gasteiger partial charge in [-0.15, -0.1) is 0 Å². The Kier molecular flexibility index (Phi) is 3.34. The summed E-state index contributed by atoms with van der Waals surface area (Å²) in [5.41, 5.74) is 0.656. The van der Waals surface area contributed by atoms with Crippen LogP contribution in [0, 0.1) is 0 Å². The number of hydrogen-bond acceptors (Lipinski definition) is 3. The van der Waals surface area contributed by atoms with Crippen molar-refractivity contribution in [2.75, 3.05) is 5.32 Å². The maximum absolute atomic E-state index is 11.7. The van der Waals surface area contributed by atoms with Crippen molar-refractivity contribution in [2.45, 2.75) is 0 Å². The number of halogens is 1. The monoisotopic (exact) mass is 265 g/mol. The predicted molar refractivity (Wildman–Crippen MR) is 65.1 cm³/mol. The van der Waals surface area contributed by atoms with Crippen molar-refractivity contribution in [3.8, 4) is 0 Å². The summed E-state index contributed by atoms with van der Waals surface area (Å²) in [5, 5.41) is 11.6. The molecule has 0 saturated heterocycles. The molecule has 2 rings (SSSR count). The quantitative estimate of drug-likeness (QED) is 0.894. The molecule has 2 aromatic rings. The van der Waals surface area contributed by atoms with Gasteiger partial charge >= 0.3 is 5.97 Å². The predicted octanol–water partition coefficient (Wildman–Crippen LogP) is 2.88. The molecule has 0 spiro atoms. The molecule has 6 heteroatoms. The van der Waals surface area contributed by atoms with Gasteiger partial charge in [0.15, 0.2) is 0 Å². The molecule has 1 heterocycles. The second kappa shape index (κ2) is 4.93. The molecular weight excluding hydrogens is 258 g/mol. The lowest BCUT2D eigenvalue weighted by atomic mass is 10.2. The molecular formula is C12H8ClNO4. The molecule has 1 aromatic heterocycles. The minimum atomic E-state index is -1.11. The molecule has 0 bridgehead atoms. The van der Waals surface area contributed by atoms with Crippen LogP contribution in [0.5, 0.6) is 0 Å². The molecule has 2 N–H and O–H groups in total. The van der Waals surface area contributed by atoms with E-state index >= 15 is 0 Å². The zero-order valence-corrected chi connectivity index (χ0v) is 9.77. The molecule has 1 amide bonds. The van der Waals surface area contributed by atoms with Gasteiger partial charge in [-0.3, -0.25) is 4.79 Å². The van der Waals surface area contributed by atoms with Crippen molar-refractivity contribution in [3.05, 3.63) is 52.9 Å². The largest absolute Gasteiger partial charge is 0.478 e. The summed E-state index contributed by atoms with van der Waals surface area (Å²) < 4.78 is 4.78. The second-order valence-corrected chi connectivity index (χ2v) is 3.94. The van der Waals surface area contributed by atoms with E-state index in [1.54, 1.807) is 0 Å². The third kappa shape index (κ3) is 2.70. The summed E-state index contributed by atoms with van der Waals surface area (Å²) in [5.74, 6) is -1.52. The van der Waals surface area contributed by atoms with Crippen LogP contribution in [-0.4, -0.2) is 17.0 Å². The van der Waals surface area contributed by atoms with Crippen LogP contribution in [0.15, 0.2) is 41.2 Å². The number of carbonyl (C=O) groups excluding carboxylic acids is 1. The molecule has 0 aliphatic carbocycles. The van der Waals surface area contributed by atoms with E-state index in [9.17, 15) is 9.59 Å². The summed E-state index contributed by atoms with van der Waals surface area (Å²) in [7, 11) is 0. The van der Waals surface area contributed by atoms with Crippen LogP contribution >= 0.6 is 11.6 Å². The van der Waals surface area contributed by atoms with Crippen molar-refractivity contribution in [3.63, 3.8) is 0 Å². The Labute approximate surface area is 107 Å². The molecule has 18 heavy (non-hydrogen) atoms. The summed E-state index contributed by atoms with van der Waals surface area (Å²) >= 11 is 5.77. The Hall–Kier alpha value is -2.27. The molecule has 0 atom stereocenters. The van der Waals surface area contributed by atoms with Crippen molar-refractivity contribution < 1.29 is 19.1 Å². The summed E-state index contributed by atoms with van der Waals surface area (Å²) in [6.45, 7) is 0. The van der Waals surface area contributed by atoms with Gasteiger partial charge < -0.3 is 14.8 Å². The van der Waals surface area contributed by atoms with Gasteiger partial charge in [-0.25, -0.2) is 4.79 Å². The van der Waals surface area contributed by atoms with Gasteiger partial charge in [-0.1, -0.05) is 11.6 Å². The van der Waals surface area contributed by atoms with Gasteiger partial charge in [0.1, 0.15) is 6.26 Å². The van der Waals surface area contributed by atoms with Crippen molar-refractivity contribution in [1.82, 2.24) is 0 Å². The highest BCUT2D eigenvalue weighted by atomic mass is 35.5. The first-order valence-electron chi connectivity index (χ1n) is 4.93. The highest BCUT2D eigenvalue weighted by Crippen LogP contribution is 2.20. The molecule has 0 fully saturated rings. The van der Waals surface area contributed by atoms with E-state index in [2.05, 4.69) is 5.32 Å². The number of amides is 1. The standard InChI is InChI=1S/C12H8ClNO4/c13-9-3-8(12(16)17)4-10(5-9)14-11(15)7-1-2-18-6-7/h1-6H,(H,14,15)(H,16,17). The van der Waals surface area contributed by atoms with Gasteiger partial charge in [-0.05, 0) is 24.3 Å². The zero-order valence-electron chi connectivity index (χ0n) is 9.01. The highest BCUT2D eigenvalue weighted by Gasteiger charge is 2.10. The smallest absolute Gasteiger partial charge is 0.335 e. The topological polar surface area (TPSA) is 79.5 Å². The Bertz CT molecular complexity index is 592. The average molecular weight is 266 g/mol. The maximum atomic E-state index is 11.7. The van der Waals surface area contributed by atoms with Crippen molar-refractivity contribution in [1.29, 1.82) is 0 Å². The minimum absolute atomic E-state index is 0.00462. The van der Waals surface area contributed by atoms with E-state index in [1.165, 1.54) is 36.8 Å². The van der Waals surface area contributed by atoms with Crippen LogP contribution in [0.3, 0.4) is 0 Å². The number of anilines is 1. The first-order valence-corrected chi connectivity index (χ1v) is 5.31. The molecule has 0 radical (unpaired) electrons. The number of nitrogens with one attached hydrogen (secondary N) is 1. The van der Waals surface area contributed by atoms with Gasteiger partial charge in [0.25, 0.3) is 5.91 Å². The third-order valence-electron chi connectivity index (χ3n) is 2.19. The number of aromatic carboxylic acids is 1. The fourth-order valence-corrected chi connectivity index (χ4v) is 1.62. The lowest BCUT2D eigenvalue weighted by molar-refractivity contribution is 0.0696. The number of carbonyl (C=O) groups is 2. The van der Waals surface area contributed by atoms with E-state index in [-0.39, 0.29) is 10.6 Å². The number of hydrogen-bond donors (Lipinski definition) is 2. The first-order chi connectivity index (χ1) is 8.56. The first kappa shape index (κ1) is 12.2. The lowest BCUT2D eigenvalue weighted by Crippen LogP contribution is -2.11. The Morgan fingerprint density at radius 1 is 1.22 bits per heavy atom. The summed E-state index contributed by atoms with van der Waals surface area (Å²) in [6.07, 6.45) is 2.66. The molecule has 1 aromatic carbocycles. The van der Waals surface area contributed by atoms with E-state index < -0.39 is 11.9 Å². The SMILES string of the molecule is O=C(O)c1cc(Cl)cc(NC(=O)c2ccoc2)c1. The number of benzene rings is 1. The summed E-state index contributed by atoms with van der Waals surface area (Å²) in [6, 6.07) is 5.59. The van der Waals surface area contributed by atoms with Crippen LogP contribution in [-0.2, 0) is 0 Å². The van der Waals surface area contributed by atoms with Crippen LogP contribution in [0.25, 0.3) is 0 Å². The maximum Gasteiger partial charge on any atom is 0.335 e. The van der Waals surface area contributed by atoms with E-state index in [4.69, 9.17) is 21.1 Å². The van der Waals surface area contributed by atoms with Crippen molar-refractivity contribution in [2.24, 2.45) is 0 Å². The molecule has 0 saturated carbocycles. The van der Waals surface area contributed by atoms with Crippen molar-refractivity contribution >= 4 is 29.2 Å². The Balaban J connectivity index is 2.24. The minimum Gasteiger partial charge on any atom is -0.478 e. The molecule has 0 unspecified atom stereocenters. The van der Waals surface area contributed by atoms with Crippen LogP contribution < -0.4 is 5.32 Å². The van der Waals surface area contributed by atoms with Gasteiger partial charge in [0, 0.05) is 10.7 Å². The third-order valence-corrected chi connectivity index (χ3v) is 2.40.